The topological polar surface area (TPSA) is 115 Å². The van der Waals surface area contributed by atoms with Crippen molar-refractivity contribution in [1.82, 2.24) is 0 Å². The Morgan fingerprint density at radius 3 is 2.00 bits per heavy atom. The van der Waals surface area contributed by atoms with E-state index < -0.39 is 27.1 Å². The molecule has 0 aliphatic carbocycles. The third-order valence-electron chi connectivity index (χ3n) is 5.35. The fourth-order valence-corrected chi connectivity index (χ4v) is 6.77. The van der Waals surface area contributed by atoms with Crippen molar-refractivity contribution in [3.05, 3.63) is 107 Å². The summed E-state index contributed by atoms with van der Waals surface area (Å²) in [4.78, 5) is 11.1. The fraction of sp³-hybridized carbons (Fsp3) is 0.0800. The molecule has 0 fully saturated rings. The number of aromatic carboxylic acids is 1. The van der Waals surface area contributed by atoms with Gasteiger partial charge in [-0.05, 0) is 66.4 Å². The standard InChI is InChI=1S/C25H21NO6S3/c27-25(28)20-12-8-18(9-13-20)6-7-19-10-14-21(15-11-19)26(34(29)30)24-16-23(17-33-24)35(31,32)22-4-2-1-3-5-22/h1-5,8-17H,6-7H2,(H,27,28)(H,29,30)/p-1. The number of thiophene rings is 1. The first-order valence-electron chi connectivity index (χ1n) is 10.4. The summed E-state index contributed by atoms with van der Waals surface area (Å²) in [5, 5.41) is 10.7. The van der Waals surface area contributed by atoms with Crippen molar-refractivity contribution in [3.63, 3.8) is 0 Å². The Morgan fingerprint density at radius 1 is 0.886 bits per heavy atom. The molecule has 4 aromatic rings. The minimum Gasteiger partial charge on any atom is -0.755 e. The zero-order valence-electron chi connectivity index (χ0n) is 18.2. The second-order valence-corrected chi connectivity index (χ2v) is 11.3. The van der Waals surface area contributed by atoms with Crippen LogP contribution in [-0.4, -0.2) is 28.3 Å². The molecule has 7 nitrogen and oxygen atoms in total. The van der Waals surface area contributed by atoms with E-state index in [1.807, 2.05) is 12.1 Å². The summed E-state index contributed by atoms with van der Waals surface area (Å²) in [6, 6.07) is 23.0. The molecule has 0 radical (unpaired) electrons. The van der Waals surface area contributed by atoms with Gasteiger partial charge >= 0.3 is 5.97 Å². The van der Waals surface area contributed by atoms with Crippen LogP contribution >= 0.6 is 11.3 Å². The van der Waals surface area contributed by atoms with Crippen molar-refractivity contribution >= 4 is 49.1 Å². The predicted molar refractivity (Wildman–Crippen MR) is 135 cm³/mol. The zero-order valence-corrected chi connectivity index (χ0v) is 20.7. The Labute approximate surface area is 209 Å². The molecule has 0 saturated carbocycles. The number of hydrogen-bond acceptors (Lipinski definition) is 6. The first kappa shape index (κ1) is 24.8. The van der Waals surface area contributed by atoms with Crippen molar-refractivity contribution < 1.29 is 27.1 Å². The van der Waals surface area contributed by atoms with Crippen LogP contribution in [0.1, 0.15) is 21.5 Å². The summed E-state index contributed by atoms with van der Waals surface area (Å²) < 4.78 is 50.9. The molecule has 4 rings (SSSR count). The number of carboxylic acid groups (broad SMARTS) is 1. The van der Waals surface area contributed by atoms with Gasteiger partial charge in [-0.1, -0.05) is 42.5 Å². The first-order valence-corrected chi connectivity index (χ1v) is 13.8. The van der Waals surface area contributed by atoms with Gasteiger partial charge < -0.3 is 9.66 Å². The van der Waals surface area contributed by atoms with Gasteiger partial charge in [0.1, 0.15) is 5.00 Å². The Kier molecular flexibility index (Phi) is 7.46. The summed E-state index contributed by atoms with van der Waals surface area (Å²) in [6.07, 6.45) is 1.38. The number of sulfone groups is 1. The van der Waals surface area contributed by atoms with E-state index in [1.54, 1.807) is 54.6 Å². The van der Waals surface area contributed by atoms with Crippen LogP contribution in [-0.2, 0) is 33.9 Å². The van der Waals surface area contributed by atoms with Crippen molar-refractivity contribution in [2.45, 2.75) is 22.6 Å². The van der Waals surface area contributed by atoms with E-state index in [0.717, 1.165) is 26.8 Å². The van der Waals surface area contributed by atoms with Crippen molar-refractivity contribution in [3.8, 4) is 0 Å². The van der Waals surface area contributed by atoms with Gasteiger partial charge in [0, 0.05) is 5.38 Å². The Hall–Kier alpha value is -3.31. The van der Waals surface area contributed by atoms with E-state index in [-0.39, 0.29) is 20.4 Å². The lowest BCUT2D eigenvalue weighted by Crippen LogP contribution is -2.18. The molecule has 3 aromatic carbocycles. The summed E-state index contributed by atoms with van der Waals surface area (Å²) in [7, 11) is -3.76. The van der Waals surface area contributed by atoms with Crippen LogP contribution in [0.15, 0.2) is 100 Å². The highest BCUT2D eigenvalue weighted by atomic mass is 32.2. The van der Waals surface area contributed by atoms with Gasteiger partial charge in [0.05, 0.1) is 32.3 Å². The molecule has 0 saturated heterocycles. The lowest BCUT2D eigenvalue weighted by molar-refractivity contribution is 0.0697. The molecule has 0 aliphatic heterocycles. The van der Waals surface area contributed by atoms with Crippen LogP contribution in [0.3, 0.4) is 0 Å². The number of rotatable bonds is 9. The normalized spacial score (nSPS) is 12.3. The summed E-state index contributed by atoms with van der Waals surface area (Å²) in [5.74, 6) is -0.969. The zero-order chi connectivity index (χ0) is 25.0. The van der Waals surface area contributed by atoms with E-state index in [1.165, 1.54) is 23.6 Å². The molecule has 0 aliphatic rings. The summed E-state index contributed by atoms with van der Waals surface area (Å²) in [5.41, 5.74) is 2.59. The third kappa shape index (κ3) is 5.68. The lowest BCUT2D eigenvalue weighted by atomic mass is 10.0. The van der Waals surface area contributed by atoms with Crippen molar-refractivity contribution in [2.75, 3.05) is 4.31 Å². The Balaban J connectivity index is 1.50. The van der Waals surface area contributed by atoms with Crippen LogP contribution in [0.4, 0.5) is 10.7 Å². The molecule has 0 spiro atoms. The van der Waals surface area contributed by atoms with Crippen molar-refractivity contribution in [2.24, 2.45) is 0 Å². The number of hydrogen-bond donors (Lipinski definition) is 1. The fourth-order valence-electron chi connectivity index (χ4n) is 3.48. The van der Waals surface area contributed by atoms with Crippen LogP contribution in [0.2, 0.25) is 0 Å². The molecular formula is C25H20NO6S3-. The summed E-state index contributed by atoms with van der Waals surface area (Å²) in [6.45, 7) is 0. The maximum Gasteiger partial charge on any atom is 0.335 e. The Bertz CT molecular complexity index is 1450. The molecule has 0 amide bonds. The quantitative estimate of drug-likeness (QED) is 0.307. The van der Waals surface area contributed by atoms with Crippen molar-refractivity contribution in [1.29, 1.82) is 0 Å². The van der Waals surface area contributed by atoms with Gasteiger partial charge in [0.25, 0.3) is 0 Å². The number of aryl methyl sites for hydroxylation is 2. The highest BCUT2D eigenvalue weighted by Crippen LogP contribution is 2.36. The molecule has 1 aromatic heterocycles. The van der Waals surface area contributed by atoms with Gasteiger partial charge in [-0.2, -0.15) is 0 Å². The van der Waals surface area contributed by atoms with Gasteiger partial charge in [0.15, 0.2) is 0 Å². The summed E-state index contributed by atoms with van der Waals surface area (Å²) >= 11 is -1.63. The average Bonchev–Trinajstić information content (AvgIpc) is 3.35. The molecule has 0 bridgehead atoms. The molecule has 1 heterocycles. The first-order chi connectivity index (χ1) is 16.8. The average molecular weight is 527 g/mol. The molecular weight excluding hydrogens is 506 g/mol. The monoisotopic (exact) mass is 526 g/mol. The lowest BCUT2D eigenvalue weighted by Gasteiger charge is -2.24. The molecule has 1 N–H and O–H groups in total. The number of carboxylic acids is 1. The van der Waals surface area contributed by atoms with Crippen LogP contribution in [0.5, 0.6) is 0 Å². The van der Waals surface area contributed by atoms with E-state index in [9.17, 15) is 22.0 Å². The highest BCUT2D eigenvalue weighted by molar-refractivity contribution is 7.91. The highest BCUT2D eigenvalue weighted by Gasteiger charge is 2.22. The smallest absolute Gasteiger partial charge is 0.335 e. The van der Waals surface area contributed by atoms with E-state index >= 15 is 0 Å². The van der Waals surface area contributed by atoms with Gasteiger partial charge in [-0.25, -0.2) is 13.2 Å². The maximum absolute atomic E-state index is 12.9. The minimum absolute atomic E-state index is 0.0321. The molecule has 180 valence electrons. The molecule has 10 heteroatoms. The SMILES string of the molecule is O=C(O)c1ccc(CCc2ccc(N(c3cc(S(=O)(=O)c4ccccc4)cs3)S(=O)[O-])cc2)cc1. The van der Waals surface area contributed by atoms with Gasteiger partial charge in [-0.15, -0.1) is 11.3 Å². The molecule has 1 unspecified atom stereocenters. The minimum atomic E-state index is -3.76. The maximum atomic E-state index is 12.9. The second kappa shape index (κ2) is 10.5. The number of nitrogens with zero attached hydrogens (tertiary/aromatic N) is 1. The predicted octanol–water partition coefficient (Wildman–Crippen LogP) is 5.00. The molecule has 35 heavy (non-hydrogen) atoms. The Morgan fingerprint density at radius 2 is 1.46 bits per heavy atom. The van der Waals surface area contributed by atoms with Crippen LogP contribution < -0.4 is 4.31 Å². The molecule has 1 atom stereocenters. The van der Waals surface area contributed by atoms with E-state index in [4.69, 9.17) is 5.11 Å². The largest absolute Gasteiger partial charge is 0.755 e. The van der Waals surface area contributed by atoms with Crippen LogP contribution in [0, 0.1) is 0 Å². The van der Waals surface area contributed by atoms with E-state index in [0.29, 0.717) is 18.5 Å². The van der Waals surface area contributed by atoms with Gasteiger partial charge in [-0.3, -0.25) is 8.51 Å². The number of anilines is 2. The van der Waals surface area contributed by atoms with Gasteiger partial charge in [0.2, 0.25) is 9.84 Å². The number of benzene rings is 3. The third-order valence-corrected chi connectivity index (χ3v) is 8.98. The number of carbonyl (C=O) groups is 1. The van der Waals surface area contributed by atoms with Crippen LogP contribution in [0.25, 0.3) is 0 Å². The second-order valence-electron chi connectivity index (χ2n) is 7.62. The van der Waals surface area contributed by atoms with E-state index in [2.05, 4.69) is 0 Å².